The van der Waals surface area contributed by atoms with Crippen LogP contribution in [-0.2, 0) is 20.7 Å². The van der Waals surface area contributed by atoms with Crippen LogP contribution in [0.25, 0.3) is 0 Å². The van der Waals surface area contributed by atoms with Crippen LogP contribution in [0.4, 0.5) is 5.69 Å². The predicted octanol–water partition coefficient (Wildman–Crippen LogP) is 4.18. The summed E-state index contributed by atoms with van der Waals surface area (Å²) in [5.74, 6) is -1.15. The maximum atomic E-state index is 12.8. The lowest BCUT2D eigenvalue weighted by molar-refractivity contribution is -0.385. The van der Waals surface area contributed by atoms with Crippen molar-refractivity contribution in [3.8, 4) is 0 Å². The molecule has 1 aliphatic rings. The van der Waals surface area contributed by atoms with E-state index in [9.17, 15) is 19.7 Å². The molecular weight excluding hydrogens is 438 g/mol. The molecule has 0 saturated carbocycles. The Bertz CT molecular complexity index is 1130. The molecular formula is C21H17N3O5S2. The van der Waals surface area contributed by atoms with E-state index in [0.717, 1.165) is 15.5 Å². The Labute approximate surface area is 185 Å². The zero-order valence-corrected chi connectivity index (χ0v) is 17.8. The average molecular weight is 456 g/mol. The van der Waals surface area contributed by atoms with Crippen molar-refractivity contribution in [1.82, 2.24) is 5.01 Å². The van der Waals surface area contributed by atoms with E-state index in [2.05, 4.69) is 5.10 Å². The number of rotatable bonds is 7. The molecule has 0 spiro atoms. The molecule has 0 radical (unpaired) electrons. The fourth-order valence-electron chi connectivity index (χ4n) is 3.29. The third-order valence-corrected chi connectivity index (χ3v) is 6.62. The van der Waals surface area contributed by atoms with Gasteiger partial charge in [-0.1, -0.05) is 30.3 Å². The maximum absolute atomic E-state index is 12.8. The van der Waals surface area contributed by atoms with Gasteiger partial charge in [-0.05, 0) is 22.9 Å². The van der Waals surface area contributed by atoms with Gasteiger partial charge in [-0.15, -0.1) is 22.7 Å². The van der Waals surface area contributed by atoms with E-state index < -0.39 is 23.4 Å². The summed E-state index contributed by atoms with van der Waals surface area (Å²) in [6.45, 7) is -0.484. The van der Waals surface area contributed by atoms with Crippen molar-refractivity contribution in [2.24, 2.45) is 5.10 Å². The number of nitro groups is 1. The van der Waals surface area contributed by atoms with Gasteiger partial charge >= 0.3 is 5.97 Å². The first-order valence-corrected chi connectivity index (χ1v) is 11.1. The summed E-state index contributed by atoms with van der Waals surface area (Å²) in [6, 6.07) is 13.4. The van der Waals surface area contributed by atoms with Crippen LogP contribution < -0.4 is 0 Å². The largest absolute Gasteiger partial charge is 0.455 e. The van der Waals surface area contributed by atoms with Gasteiger partial charge in [0, 0.05) is 22.9 Å². The average Bonchev–Trinajstić information content (AvgIpc) is 3.53. The number of thiophene rings is 2. The highest BCUT2D eigenvalue weighted by Crippen LogP contribution is 2.35. The molecule has 4 rings (SSSR count). The second-order valence-corrected chi connectivity index (χ2v) is 8.65. The summed E-state index contributed by atoms with van der Waals surface area (Å²) in [7, 11) is 0. The molecule has 3 aromatic rings. The highest BCUT2D eigenvalue weighted by molar-refractivity contribution is 7.12. The molecule has 0 aliphatic carbocycles. The molecule has 1 aliphatic heterocycles. The second-order valence-electron chi connectivity index (χ2n) is 6.72. The Morgan fingerprint density at radius 1 is 1.13 bits per heavy atom. The molecule has 2 aromatic heterocycles. The van der Waals surface area contributed by atoms with Gasteiger partial charge in [-0.2, -0.15) is 5.10 Å². The second kappa shape index (κ2) is 9.19. The highest BCUT2D eigenvalue weighted by atomic mass is 32.1. The lowest BCUT2D eigenvalue weighted by Gasteiger charge is -2.20. The number of benzene rings is 1. The number of hydrogen-bond acceptors (Lipinski definition) is 8. The van der Waals surface area contributed by atoms with Crippen molar-refractivity contribution in [3.63, 3.8) is 0 Å². The first-order valence-electron chi connectivity index (χ1n) is 9.37. The monoisotopic (exact) mass is 455 g/mol. The maximum Gasteiger partial charge on any atom is 0.311 e. The van der Waals surface area contributed by atoms with E-state index in [1.807, 2.05) is 35.0 Å². The number of carbonyl (C=O) groups excluding carboxylic acids is 2. The van der Waals surface area contributed by atoms with E-state index in [0.29, 0.717) is 6.42 Å². The number of esters is 1. The van der Waals surface area contributed by atoms with Crippen LogP contribution in [-0.4, -0.2) is 34.1 Å². The smallest absolute Gasteiger partial charge is 0.311 e. The number of hydrogen-bond donors (Lipinski definition) is 0. The molecule has 1 unspecified atom stereocenters. The quantitative estimate of drug-likeness (QED) is 0.302. The van der Waals surface area contributed by atoms with Crippen LogP contribution in [0.15, 0.2) is 64.4 Å². The predicted molar refractivity (Wildman–Crippen MR) is 117 cm³/mol. The summed E-state index contributed by atoms with van der Waals surface area (Å²) in [5.41, 5.74) is 0.891. The molecule has 1 amide bonds. The Morgan fingerprint density at radius 2 is 1.90 bits per heavy atom. The summed E-state index contributed by atoms with van der Waals surface area (Å²) in [6.07, 6.45) is 0.291. The van der Waals surface area contributed by atoms with Gasteiger partial charge in [0.15, 0.2) is 6.61 Å². The van der Waals surface area contributed by atoms with Crippen LogP contribution >= 0.6 is 22.7 Å². The lowest BCUT2D eigenvalue weighted by atomic mass is 10.1. The van der Waals surface area contributed by atoms with E-state index in [-0.39, 0.29) is 23.7 Å². The van der Waals surface area contributed by atoms with E-state index >= 15 is 0 Å². The molecule has 10 heteroatoms. The van der Waals surface area contributed by atoms with E-state index in [1.165, 1.54) is 34.5 Å². The lowest BCUT2D eigenvalue weighted by Crippen LogP contribution is -2.31. The molecule has 0 saturated heterocycles. The van der Waals surface area contributed by atoms with Gasteiger partial charge in [0.05, 0.1) is 28.0 Å². The number of nitro benzene ring substituents is 1. The van der Waals surface area contributed by atoms with Crippen molar-refractivity contribution < 1.29 is 19.2 Å². The number of amides is 1. The first kappa shape index (κ1) is 20.9. The molecule has 0 N–H and O–H groups in total. The minimum absolute atomic E-state index is 0.159. The molecule has 158 valence electrons. The molecule has 1 atom stereocenters. The number of hydrazone groups is 1. The van der Waals surface area contributed by atoms with Gasteiger partial charge in [0.1, 0.15) is 0 Å². The van der Waals surface area contributed by atoms with Gasteiger partial charge in [-0.25, -0.2) is 5.01 Å². The van der Waals surface area contributed by atoms with Gasteiger partial charge in [0.25, 0.3) is 11.6 Å². The molecule has 3 heterocycles. The zero-order chi connectivity index (χ0) is 21.8. The van der Waals surface area contributed by atoms with Crippen molar-refractivity contribution in [3.05, 3.63) is 84.7 Å². The molecule has 8 nitrogen and oxygen atoms in total. The fraction of sp³-hybridized carbons (Fsp3) is 0.190. The Hall–Kier alpha value is -3.37. The molecule has 1 aromatic carbocycles. The third kappa shape index (κ3) is 4.70. The Balaban J connectivity index is 1.44. The van der Waals surface area contributed by atoms with Gasteiger partial charge < -0.3 is 4.74 Å². The van der Waals surface area contributed by atoms with Crippen LogP contribution in [0.3, 0.4) is 0 Å². The molecule has 0 bridgehead atoms. The van der Waals surface area contributed by atoms with E-state index in [1.54, 1.807) is 17.4 Å². The summed E-state index contributed by atoms with van der Waals surface area (Å²) < 4.78 is 5.13. The van der Waals surface area contributed by atoms with Gasteiger partial charge in [-0.3, -0.25) is 19.7 Å². The van der Waals surface area contributed by atoms with Crippen LogP contribution in [0.1, 0.15) is 27.8 Å². The standard InChI is InChI=1S/C21H17N3O5S2/c25-20(13-29-21(26)11-14-5-1-2-6-16(14)24(27)28)23-17(19-8-4-10-31-19)12-15(22-23)18-7-3-9-30-18/h1-10,17H,11-13H2. The summed E-state index contributed by atoms with van der Waals surface area (Å²) in [5, 5.41) is 20.9. The molecule has 31 heavy (non-hydrogen) atoms. The number of nitrogens with zero attached hydrogens (tertiary/aromatic N) is 3. The minimum atomic E-state index is -0.711. The van der Waals surface area contributed by atoms with E-state index in [4.69, 9.17) is 4.74 Å². The topological polar surface area (TPSA) is 102 Å². The fourth-order valence-corrected chi connectivity index (χ4v) is 4.82. The first-order chi connectivity index (χ1) is 15.0. The molecule has 0 fully saturated rings. The third-order valence-electron chi connectivity index (χ3n) is 4.72. The summed E-state index contributed by atoms with van der Waals surface area (Å²) in [4.78, 5) is 37.6. The van der Waals surface area contributed by atoms with Crippen molar-refractivity contribution >= 4 is 45.9 Å². The number of para-hydroxylation sites is 1. The minimum Gasteiger partial charge on any atom is -0.455 e. The normalized spacial score (nSPS) is 15.5. The van der Waals surface area contributed by atoms with Crippen LogP contribution in [0.5, 0.6) is 0 Å². The summed E-state index contributed by atoms with van der Waals surface area (Å²) >= 11 is 3.09. The zero-order valence-electron chi connectivity index (χ0n) is 16.2. The van der Waals surface area contributed by atoms with Crippen molar-refractivity contribution in [1.29, 1.82) is 0 Å². The number of ether oxygens (including phenoxy) is 1. The SMILES string of the molecule is O=C(Cc1ccccc1[N+](=O)[O-])OCC(=O)N1N=C(c2cccs2)CC1c1cccs1. The van der Waals surface area contributed by atoms with Crippen molar-refractivity contribution in [2.45, 2.75) is 18.9 Å². The van der Waals surface area contributed by atoms with Crippen LogP contribution in [0.2, 0.25) is 0 Å². The van der Waals surface area contributed by atoms with Crippen LogP contribution in [0, 0.1) is 10.1 Å². The Morgan fingerprint density at radius 3 is 2.61 bits per heavy atom. The Kier molecular flexibility index (Phi) is 6.19. The highest BCUT2D eigenvalue weighted by Gasteiger charge is 2.34. The van der Waals surface area contributed by atoms with Gasteiger partial charge in [0.2, 0.25) is 0 Å². The van der Waals surface area contributed by atoms with Crippen molar-refractivity contribution in [2.75, 3.05) is 6.61 Å². The number of carbonyl (C=O) groups is 2.